The minimum Gasteiger partial charge on any atom is -0.356 e. The number of nitrogens with one attached hydrogen (secondary N) is 1. The lowest BCUT2D eigenvalue weighted by Crippen LogP contribution is -2.10. The summed E-state index contributed by atoms with van der Waals surface area (Å²) in [6.07, 6.45) is 5.02. The molecule has 1 aromatic heterocycles. The van der Waals surface area contributed by atoms with E-state index in [0.29, 0.717) is 5.92 Å². The van der Waals surface area contributed by atoms with Crippen molar-refractivity contribution in [1.29, 1.82) is 0 Å². The molecule has 1 N–H and O–H groups in total. The molecule has 0 saturated heterocycles. The fraction of sp³-hybridized carbons (Fsp3) is 0.353. The Hall–Kier alpha value is -2.03. The number of hydrogen-bond donors (Lipinski definition) is 1. The van der Waals surface area contributed by atoms with Crippen molar-refractivity contribution in [2.24, 2.45) is 0 Å². The lowest BCUT2D eigenvalue weighted by molar-refractivity contribution is 0.697. The summed E-state index contributed by atoms with van der Waals surface area (Å²) in [7, 11) is 0. The first-order chi connectivity index (χ1) is 9.70. The third-order valence-corrected chi connectivity index (χ3v) is 3.45. The van der Waals surface area contributed by atoms with Crippen LogP contribution in [0.1, 0.15) is 30.5 Å². The molecule has 20 heavy (non-hydrogen) atoms. The van der Waals surface area contributed by atoms with E-state index in [2.05, 4.69) is 58.7 Å². The van der Waals surface area contributed by atoms with Crippen molar-refractivity contribution in [3.8, 4) is 0 Å². The van der Waals surface area contributed by atoms with Gasteiger partial charge in [-0.1, -0.05) is 43.3 Å². The van der Waals surface area contributed by atoms with E-state index < -0.39 is 0 Å². The molecule has 1 heterocycles. The Kier molecular flexibility index (Phi) is 4.99. The third kappa shape index (κ3) is 3.73. The van der Waals surface area contributed by atoms with Crippen LogP contribution in [-0.4, -0.2) is 16.1 Å². The van der Waals surface area contributed by atoms with Crippen LogP contribution in [0, 0.1) is 6.92 Å². The maximum Gasteiger partial charge on any atom is 0.203 e. The summed E-state index contributed by atoms with van der Waals surface area (Å²) in [5, 5.41) is 3.42. The highest BCUT2D eigenvalue weighted by Crippen LogP contribution is 2.18. The Morgan fingerprint density at radius 3 is 2.80 bits per heavy atom. The summed E-state index contributed by atoms with van der Waals surface area (Å²) in [5.74, 6) is 1.48. The Labute approximate surface area is 121 Å². The number of aromatic nitrogens is 2. The highest BCUT2D eigenvalue weighted by molar-refractivity contribution is 5.29. The van der Waals surface area contributed by atoms with Gasteiger partial charge in [-0.05, 0) is 24.8 Å². The maximum absolute atomic E-state index is 4.50. The van der Waals surface area contributed by atoms with E-state index in [1.54, 1.807) is 0 Å². The van der Waals surface area contributed by atoms with Gasteiger partial charge in [-0.3, -0.25) is 0 Å². The van der Waals surface area contributed by atoms with Crippen molar-refractivity contribution in [2.75, 3.05) is 11.9 Å². The van der Waals surface area contributed by atoms with E-state index in [1.165, 1.54) is 5.56 Å². The number of anilines is 1. The predicted molar refractivity (Wildman–Crippen MR) is 85.1 cm³/mol. The minimum absolute atomic E-state index is 0.549. The Balaban J connectivity index is 1.88. The van der Waals surface area contributed by atoms with Crippen LogP contribution in [0.5, 0.6) is 0 Å². The molecule has 3 heteroatoms. The molecule has 0 saturated carbocycles. The summed E-state index contributed by atoms with van der Waals surface area (Å²) in [6.45, 7) is 9.76. The molecule has 0 radical (unpaired) electrons. The molecule has 0 spiro atoms. The molecule has 1 unspecified atom stereocenters. The van der Waals surface area contributed by atoms with E-state index in [1.807, 2.05) is 19.2 Å². The van der Waals surface area contributed by atoms with Gasteiger partial charge in [-0.25, -0.2) is 4.98 Å². The van der Waals surface area contributed by atoms with Crippen molar-refractivity contribution < 1.29 is 0 Å². The van der Waals surface area contributed by atoms with Crippen LogP contribution in [0.3, 0.4) is 0 Å². The number of benzene rings is 1. The van der Waals surface area contributed by atoms with Crippen LogP contribution >= 0.6 is 0 Å². The SMILES string of the molecule is C=CCn1cc(C)nc1NCCC(C)c1ccccc1. The average Bonchev–Trinajstić information content (AvgIpc) is 2.80. The molecule has 106 valence electrons. The molecular formula is C17H23N3. The van der Waals surface area contributed by atoms with Gasteiger partial charge in [-0.2, -0.15) is 0 Å². The number of imidazole rings is 1. The summed E-state index contributed by atoms with van der Waals surface area (Å²) in [5.41, 5.74) is 2.42. The van der Waals surface area contributed by atoms with Gasteiger partial charge in [0.15, 0.2) is 0 Å². The van der Waals surface area contributed by atoms with Crippen molar-refractivity contribution in [1.82, 2.24) is 9.55 Å². The first-order valence-electron chi connectivity index (χ1n) is 7.14. The summed E-state index contributed by atoms with van der Waals surface area (Å²) in [4.78, 5) is 4.50. The normalized spacial score (nSPS) is 12.1. The molecule has 1 aromatic carbocycles. The first-order valence-corrected chi connectivity index (χ1v) is 7.14. The Morgan fingerprint density at radius 2 is 2.10 bits per heavy atom. The van der Waals surface area contributed by atoms with E-state index in [-0.39, 0.29) is 0 Å². The second-order valence-electron chi connectivity index (χ2n) is 5.17. The lowest BCUT2D eigenvalue weighted by Gasteiger charge is -2.13. The monoisotopic (exact) mass is 269 g/mol. The molecule has 0 aliphatic rings. The molecule has 0 aliphatic heterocycles. The van der Waals surface area contributed by atoms with Crippen LogP contribution in [0.2, 0.25) is 0 Å². The Bertz CT molecular complexity index is 543. The van der Waals surface area contributed by atoms with Gasteiger partial charge in [0.1, 0.15) is 0 Å². The summed E-state index contributed by atoms with van der Waals surface area (Å²) < 4.78 is 2.09. The van der Waals surface area contributed by atoms with Crippen LogP contribution in [0.4, 0.5) is 5.95 Å². The number of hydrogen-bond acceptors (Lipinski definition) is 2. The zero-order valence-corrected chi connectivity index (χ0v) is 12.3. The maximum atomic E-state index is 4.50. The van der Waals surface area contributed by atoms with E-state index in [4.69, 9.17) is 0 Å². The minimum atomic E-state index is 0.549. The molecule has 0 amide bonds. The largest absolute Gasteiger partial charge is 0.356 e. The van der Waals surface area contributed by atoms with Crippen molar-refractivity contribution in [3.63, 3.8) is 0 Å². The number of aryl methyl sites for hydroxylation is 1. The zero-order valence-electron chi connectivity index (χ0n) is 12.3. The molecule has 1 atom stereocenters. The van der Waals surface area contributed by atoms with Crippen LogP contribution in [-0.2, 0) is 6.54 Å². The summed E-state index contributed by atoms with van der Waals surface area (Å²) in [6, 6.07) is 10.6. The molecule has 2 rings (SSSR count). The summed E-state index contributed by atoms with van der Waals surface area (Å²) >= 11 is 0. The average molecular weight is 269 g/mol. The highest BCUT2D eigenvalue weighted by Gasteiger charge is 2.07. The smallest absolute Gasteiger partial charge is 0.203 e. The number of allylic oxidation sites excluding steroid dienone is 1. The van der Waals surface area contributed by atoms with Gasteiger partial charge in [-0.15, -0.1) is 6.58 Å². The van der Waals surface area contributed by atoms with Crippen LogP contribution in [0.15, 0.2) is 49.2 Å². The van der Waals surface area contributed by atoms with E-state index in [9.17, 15) is 0 Å². The van der Waals surface area contributed by atoms with Gasteiger partial charge >= 0.3 is 0 Å². The number of rotatable bonds is 7. The van der Waals surface area contributed by atoms with Gasteiger partial charge in [0.05, 0.1) is 5.69 Å². The second kappa shape index (κ2) is 6.94. The van der Waals surface area contributed by atoms with E-state index in [0.717, 1.165) is 31.2 Å². The molecule has 0 bridgehead atoms. The zero-order chi connectivity index (χ0) is 14.4. The molecule has 2 aromatic rings. The third-order valence-electron chi connectivity index (χ3n) is 3.45. The molecular weight excluding hydrogens is 246 g/mol. The molecule has 0 fully saturated rings. The standard InChI is InChI=1S/C17H23N3/c1-4-12-20-13-15(3)19-17(20)18-11-10-14(2)16-8-6-5-7-9-16/h4-9,13-14H,1,10-12H2,2-3H3,(H,18,19). The predicted octanol–water partition coefficient (Wildman–Crippen LogP) is 3.98. The van der Waals surface area contributed by atoms with Crippen molar-refractivity contribution in [2.45, 2.75) is 32.7 Å². The van der Waals surface area contributed by atoms with Gasteiger partial charge < -0.3 is 9.88 Å². The van der Waals surface area contributed by atoms with Gasteiger partial charge in [0.2, 0.25) is 5.95 Å². The highest BCUT2D eigenvalue weighted by atomic mass is 15.2. The van der Waals surface area contributed by atoms with Gasteiger partial charge in [0.25, 0.3) is 0 Å². The fourth-order valence-corrected chi connectivity index (χ4v) is 2.31. The molecule has 3 nitrogen and oxygen atoms in total. The van der Waals surface area contributed by atoms with Crippen LogP contribution in [0.25, 0.3) is 0 Å². The number of nitrogens with zero attached hydrogens (tertiary/aromatic N) is 2. The first kappa shape index (κ1) is 14.4. The van der Waals surface area contributed by atoms with E-state index >= 15 is 0 Å². The van der Waals surface area contributed by atoms with Crippen molar-refractivity contribution in [3.05, 3.63) is 60.4 Å². The topological polar surface area (TPSA) is 29.9 Å². The van der Waals surface area contributed by atoms with Gasteiger partial charge in [0, 0.05) is 19.3 Å². The Morgan fingerprint density at radius 1 is 1.35 bits per heavy atom. The van der Waals surface area contributed by atoms with Crippen molar-refractivity contribution >= 4 is 5.95 Å². The second-order valence-corrected chi connectivity index (χ2v) is 5.17. The molecule has 0 aliphatic carbocycles. The lowest BCUT2D eigenvalue weighted by atomic mass is 9.98. The quantitative estimate of drug-likeness (QED) is 0.770. The fourth-order valence-electron chi connectivity index (χ4n) is 2.31. The van der Waals surface area contributed by atoms with Crippen LogP contribution < -0.4 is 5.32 Å².